The molecule has 0 aromatic heterocycles. The Morgan fingerprint density at radius 3 is 2.13 bits per heavy atom. The van der Waals surface area contributed by atoms with E-state index in [4.69, 9.17) is 9.84 Å². The molecule has 0 spiro atoms. The van der Waals surface area contributed by atoms with Gasteiger partial charge in [0.25, 0.3) is 0 Å². The average molecular weight is 478 g/mol. The van der Waals surface area contributed by atoms with E-state index in [0.717, 1.165) is 11.1 Å². The minimum atomic E-state index is -1.66. The molecule has 9 nitrogen and oxygen atoms in total. The molecule has 1 aromatic rings. The van der Waals surface area contributed by atoms with Gasteiger partial charge in [-0.1, -0.05) is 29.6 Å². The summed E-state index contributed by atoms with van der Waals surface area (Å²) in [5.41, 5.74) is 1.87. The van der Waals surface area contributed by atoms with E-state index in [2.05, 4.69) is 5.32 Å². The van der Waals surface area contributed by atoms with E-state index >= 15 is 0 Å². The van der Waals surface area contributed by atoms with Crippen LogP contribution in [0.3, 0.4) is 0 Å². The van der Waals surface area contributed by atoms with Gasteiger partial charge in [-0.25, -0.2) is 0 Å². The first kappa shape index (κ1) is 27.9. The normalized spacial score (nSPS) is 15.2. The molecule has 0 bridgehead atoms. The van der Waals surface area contributed by atoms with Gasteiger partial charge in [0, 0.05) is 38.4 Å². The highest BCUT2D eigenvalue weighted by Gasteiger charge is 2.29. The Kier molecular flexibility index (Phi) is 13.3. The quantitative estimate of drug-likeness (QED) is 0.195. The maximum atomic E-state index is 11.3. The largest absolute Gasteiger partial charge is 0.492 e. The van der Waals surface area contributed by atoms with E-state index in [1.165, 1.54) is 37.4 Å². The van der Waals surface area contributed by atoms with Crippen molar-refractivity contribution in [1.29, 1.82) is 0 Å². The number of hydrogen-bond donors (Lipinski definition) is 6. The van der Waals surface area contributed by atoms with Crippen molar-refractivity contribution in [2.45, 2.75) is 49.8 Å². The van der Waals surface area contributed by atoms with Crippen molar-refractivity contribution in [3.05, 3.63) is 29.3 Å². The topological polar surface area (TPSA) is 157 Å². The smallest absolute Gasteiger partial charge is 0.186 e. The monoisotopic (exact) mass is 477 g/mol. The summed E-state index contributed by atoms with van der Waals surface area (Å²) in [5.74, 6) is 1.59. The van der Waals surface area contributed by atoms with Gasteiger partial charge in [-0.2, -0.15) is 0 Å². The van der Waals surface area contributed by atoms with Crippen LogP contribution in [-0.2, 0) is 21.1 Å². The highest BCUT2D eigenvalue weighted by Crippen LogP contribution is 2.26. The number of aliphatic hydroxyl groups excluding tert-OH is 5. The fraction of sp³-hybridized carbons (Fsp3) is 0.600. The maximum absolute atomic E-state index is 11.3. The summed E-state index contributed by atoms with van der Waals surface area (Å²) >= 11 is 2.38. The Morgan fingerprint density at radius 1 is 0.968 bits per heavy atom. The van der Waals surface area contributed by atoms with Crippen LogP contribution in [0.15, 0.2) is 18.2 Å². The molecule has 1 rings (SSSR count). The number of rotatable bonds is 14. The van der Waals surface area contributed by atoms with Crippen LogP contribution in [0.2, 0.25) is 0 Å². The Bertz CT molecular complexity index is 706. The van der Waals surface area contributed by atoms with Gasteiger partial charge in [0.1, 0.15) is 30.7 Å². The number of nitrogens with one attached hydrogen (secondary N) is 1. The van der Waals surface area contributed by atoms with Gasteiger partial charge in [-0.3, -0.25) is 9.59 Å². The number of hydrogen-bond acceptors (Lipinski definition) is 11. The predicted molar refractivity (Wildman–Crippen MR) is 120 cm³/mol. The van der Waals surface area contributed by atoms with Gasteiger partial charge in [-0.15, -0.1) is 0 Å². The summed E-state index contributed by atoms with van der Waals surface area (Å²) in [7, 11) is 0. The number of carbonyl (C=O) groups is 2. The van der Waals surface area contributed by atoms with Crippen LogP contribution >= 0.6 is 23.5 Å². The summed E-state index contributed by atoms with van der Waals surface area (Å²) in [6.45, 7) is 2.81. The number of aliphatic hydroxyl groups is 5. The fourth-order valence-corrected chi connectivity index (χ4v) is 3.77. The third-order valence-corrected chi connectivity index (χ3v) is 5.99. The van der Waals surface area contributed by atoms with Crippen molar-refractivity contribution in [2.24, 2.45) is 0 Å². The van der Waals surface area contributed by atoms with Crippen LogP contribution in [0.5, 0.6) is 5.75 Å². The highest BCUT2D eigenvalue weighted by atomic mass is 32.2. The minimum Gasteiger partial charge on any atom is -0.492 e. The fourth-order valence-electron chi connectivity index (χ4n) is 2.50. The molecule has 0 fully saturated rings. The molecule has 0 aliphatic carbocycles. The zero-order valence-electron chi connectivity index (χ0n) is 17.6. The molecule has 0 amide bonds. The molecule has 0 radical (unpaired) electrons. The van der Waals surface area contributed by atoms with Crippen LogP contribution in [0.25, 0.3) is 0 Å². The molecule has 0 saturated heterocycles. The summed E-state index contributed by atoms with van der Waals surface area (Å²) < 4.78 is 5.68. The van der Waals surface area contributed by atoms with Crippen molar-refractivity contribution in [1.82, 2.24) is 5.32 Å². The maximum Gasteiger partial charge on any atom is 0.186 e. The molecule has 1 aromatic carbocycles. The number of benzene rings is 1. The second-order valence-electron chi connectivity index (χ2n) is 6.84. The van der Waals surface area contributed by atoms with Crippen LogP contribution in [0, 0.1) is 0 Å². The Labute approximate surface area is 190 Å². The van der Waals surface area contributed by atoms with Gasteiger partial charge in [0.05, 0.1) is 12.7 Å². The third-order valence-electron chi connectivity index (χ3n) is 4.27. The SMILES string of the molecule is CC(=O)SCc1ccc(OCCNC[C@H](O)[C@@H](O)[C@H](O)[C@H](O)CO)cc1CSC(C)=O. The van der Waals surface area contributed by atoms with E-state index < -0.39 is 31.0 Å². The molecule has 31 heavy (non-hydrogen) atoms. The lowest BCUT2D eigenvalue weighted by Crippen LogP contribution is -2.49. The molecular weight excluding hydrogens is 446 g/mol. The van der Waals surface area contributed by atoms with Crippen molar-refractivity contribution < 1.29 is 39.9 Å². The second-order valence-corrected chi connectivity index (χ2v) is 9.15. The lowest BCUT2D eigenvalue weighted by Gasteiger charge is -2.25. The molecule has 6 N–H and O–H groups in total. The van der Waals surface area contributed by atoms with Crippen LogP contribution in [0.4, 0.5) is 0 Å². The first-order valence-corrected chi connectivity index (χ1v) is 11.7. The van der Waals surface area contributed by atoms with Crippen molar-refractivity contribution >= 4 is 33.8 Å². The average Bonchev–Trinajstić information content (AvgIpc) is 2.74. The molecular formula is C20H31NO8S2. The van der Waals surface area contributed by atoms with E-state index in [0.29, 0.717) is 23.8 Å². The van der Waals surface area contributed by atoms with Gasteiger partial charge < -0.3 is 35.6 Å². The van der Waals surface area contributed by atoms with Crippen LogP contribution in [-0.4, -0.2) is 86.5 Å². The van der Waals surface area contributed by atoms with E-state index in [1.54, 1.807) is 6.07 Å². The van der Waals surface area contributed by atoms with Crippen molar-refractivity contribution in [3.63, 3.8) is 0 Å². The minimum absolute atomic E-state index is 0.00179. The molecule has 4 atom stereocenters. The lowest BCUT2D eigenvalue weighted by molar-refractivity contribution is -0.114. The summed E-state index contributed by atoms with van der Waals surface area (Å²) in [4.78, 5) is 22.5. The predicted octanol–water partition coefficient (Wildman–Crippen LogP) is -0.350. The molecule has 11 heteroatoms. The zero-order valence-corrected chi connectivity index (χ0v) is 19.2. The van der Waals surface area contributed by atoms with E-state index in [9.17, 15) is 30.0 Å². The van der Waals surface area contributed by atoms with E-state index in [-0.39, 0.29) is 23.4 Å². The Hall–Kier alpha value is -1.18. The number of thioether (sulfide) groups is 2. The number of ether oxygens (including phenoxy) is 1. The molecule has 176 valence electrons. The summed E-state index contributed by atoms with van der Waals surface area (Å²) in [5, 5.41) is 50.1. The van der Waals surface area contributed by atoms with E-state index in [1.807, 2.05) is 12.1 Å². The third kappa shape index (κ3) is 10.8. The van der Waals surface area contributed by atoms with Gasteiger partial charge in [0.15, 0.2) is 10.2 Å². The van der Waals surface area contributed by atoms with Crippen molar-refractivity contribution in [3.8, 4) is 5.75 Å². The highest BCUT2D eigenvalue weighted by molar-refractivity contribution is 8.13. The summed E-state index contributed by atoms with van der Waals surface area (Å²) in [6, 6.07) is 5.48. The molecule has 0 aliphatic rings. The van der Waals surface area contributed by atoms with Gasteiger partial charge in [0.2, 0.25) is 0 Å². The molecule has 0 aliphatic heterocycles. The zero-order chi connectivity index (χ0) is 23.4. The Balaban J connectivity index is 2.52. The van der Waals surface area contributed by atoms with Gasteiger partial charge >= 0.3 is 0 Å². The lowest BCUT2D eigenvalue weighted by atomic mass is 10.0. The number of carbonyl (C=O) groups excluding carboxylic acids is 2. The molecule has 0 unspecified atom stereocenters. The molecule has 0 saturated carbocycles. The van der Waals surface area contributed by atoms with Gasteiger partial charge in [-0.05, 0) is 23.3 Å². The summed E-state index contributed by atoms with van der Waals surface area (Å²) in [6.07, 6.45) is -6.16. The Morgan fingerprint density at radius 2 is 1.55 bits per heavy atom. The first-order chi connectivity index (χ1) is 14.6. The second kappa shape index (κ2) is 14.8. The van der Waals surface area contributed by atoms with Crippen LogP contribution < -0.4 is 10.1 Å². The van der Waals surface area contributed by atoms with Crippen LogP contribution in [0.1, 0.15) is 25.0 Å². The standard InChI is InChI=1S/C20H31NO8S2/c1-12(23)30-10-14-3-4-16(7-15(14)11-31-13(2)24)29-6-5-21-8-17(25)19(27)20(28)18(26)9-22/h3-4,7,17-22,25-28H,5-6,8-11H2,1-2H3/t17-,18+,19+,20+/m0/s1. The molecule has 0 heterocycles. The first-order valence-electron chi connectivity index (χ1n) is 9.70. The van der Waals surface area contributed by atoms with Crippen molar-refractivity contribution in [2.75, 3.05) is 26.3 Å².